The summed E-state index contributed by atoms with van der Waals surface area (Å²) in [5.74, 6) is 0.476. The summed E-state index contributed by atoms with van der Waals surface area (Å²) in [6, 6.07) is 10.3. The van der Waals surface area contributed by atoms with Crippen molar-refractivity contribution in [2.75, 3.05) is 5.01 Å². The number of carbonyl (C=O) groups excluding carboxylic acids is 1. The average Bonchev–Trinajstić information content (AvgIpc) is 3.45. The molecule has 1 aliphatic heterocycles. The molecule has 3 atom stereocenters. The van der Waals surface area contributed by atoms with E-state index in [1.165, 1.54) is 28.9 Å². The van der Waals surface area contributed by atoms with Crippen LogP contribution in [0.3, 0.4) is 0 Å². The number of hydrazine groups is 1. The molecule has 34 heavy (non-hydrogen) atoms. The highest BCUT2D eigenvalue weighted by Crippen LogP contribution is 2.49. The number of amides is 1. The molecule has 0 saturated carbocycles. The summed E-state index contributed by atoms with van der Waals surface area (Å²) >= 11 is 0. The molecule has 2 N–H and O–H groups in total. The molecule has 3 aliphatic rings. The van der Waals surface area contributed by atoms with E-state index in [-0.39, 0.29) is 17.8 Å². The topological polar surface area (TPSA) is 57.3 Å². The van der Waals surface area contributed by atoms with Crippen LogP contribution in [0.5, 0.6) is 0 Å². The molecule has 1 amide bonds. The largest absolute Gasteiger partial charge is 0.349 e. The number of hydrogen-bond donors (Lipinski definition) is 2. The van der Waals surface area contributed by atoms with Gasteiger partial charge in [0, 0.05) is 36.1 Å². The Morgan fingerprint density at radius 1 is 1.29 bits per heavy atom. The lowest BCUT2D eigenvalue weighted by Crippen LogP contribution is -2.36. The van der Waals surface area contributed by atoms with Gasteiger partial charge in [0.2, 0.25) is 0 Å². The van der Waals surface area contributed by atoms with Crippen molar-refractivity contribution in [3.63, 3.8) is 0 Å². The van der Waals surface area contributed by atoms with Crippen molar-refractivity contribution in [3.8, 4) is 0 Å². The van der Waals surface area contributed by atoms with E-state index in [9.17, 15) is 9.18 Å². The number of anilines is 1. The quantitative estimate of drug-likeness (QED) is 0.562. The van der Waals surface area contributed by atoms with Crippen LogP contribution in [0.1, 0.15) is 56.3 Å². The molecule has 6 heteroatoms. The van der Waals surface area contributed by atoms with E-state index in [1.807, 2.05) is 11.1 Å². The number of rotatable bonds is 7. The number of aromatic nitrogens is 1. The molecule has 0 saturated heterocycles. The van der Waals surface area contributed by atoms with Gasteiger partial charge in [0.1, 0.15) is 5.82 Å². The van der Waals surface area contributed by atoms with Crippen molar-refractivity contribution in [2.24, 2.45) is 11.8 Å². The van der Waals surface area contributed by atoms with E-state index in [1.54, 1.807) is 30.6 Å². The molecule has 2 aliphatic carbocycles. The van der Waals surface area contributed by atoms with Gasteiger partial charge in [0.25, 0.3) is 5.91 Å². The van der Waals surface area contributed by atoms with Crippen LogP contribution in [0.4, 0.5) is 10.1 Å². The number of halogens is 1. The minimum atomic E-state index is -0.233. The first-order valence-corrected chi connectivity index (χ1v) is 12.2. The fourth-order valence-electron chi connectivity index (χ4n) is 5.67. The summed E-state index contributed by atoms with van der Waals surface area (Å²) in [7, 11) is 0. The molecular weight excluding hydrogens is 427 g/mol. The van der Waals surface area contributed by atoms with Crippen molar-refractivity contribution in [2.45, 2.75) is 52.0 Å². The molecular formula is C28H31FN4O. The molecule has 1 aromatic carbocycles. The number of pyridine rings is 1. The number of allylic oxidation sites excluding steroid dienone is 4. The fourth-order valence-corrected chi connectivity index (χ4v) is 5.67. The monoisotopic (exact) mass is 458 g/mol. The fraction of sp³-hybridized carbons (Fsp3) is 0.357. The minimum absolute atomic E-state index is 0.0461. The van der Waals surface area contributed by atoms with E-state index < -0.39 is 0 Å². The van der Waals surface area contributed by atoms with Crippen molar-refractivity contribution in [1.29, 1.82) is 0 Å². The van der Waals surface area contributed by atoms with Crippen molar-refractivity contribution in [3.05, 3.63) is 94.9 Å². The number of nitrogens with zero attached hydrogens (tertiary/aromatic N) is 2. The molecule has 1 aromatic heterocycles. The van der Waals surface area contributed by atoms with Gasteiger partial charge in [-0.15, -0.1) is 0 Å². The molecule has 1 unspecified atom stereocenters. The van der Waals surface area contributed by atoms with E-state index in [4.69, 9.17) is 0 Å². The maximum atomic E-state index is 13.4. The van der Waals surface area contributed by atoms with E-state index in [0.717, 1.165) is 43.5 Å². The molecule has 0 bridgehead atoms. The van der Waals surface area contributed by atoms with Crippen LogP contribution in [0.15, 0.2) is 83.5 Å². The molecule has 0 fully saturated rings. The summed E-state index contributed by atoms with van der Waals surface area (Å²) < 4.78 is 13.4. The van der Waals surface area contributed by atoms with Gasteiger partial charge in [-0.1, -0.05) is 25.8 Å². The van der Waals surface area contributed by atoms with Gasteiger partial charge < -0.3 is 10.7 Å². The Morgan fingerprint density at radius 2 is 2.12 bits per heavy atom. The van der Waals surface area contributed by atoms with E-state index in [2.05, 4.69) is 41.9 Å². The Bertz CT molecular complexity index is 1150. The van der Waals surface area contributed by atoms with Crippen LogP contribution in [0, 0.1) is 17.7 Å². The highest BCUT2D eigenvalue weighted by atomic mass is 19.1. The second-order valence-electron chi connectivity index (χ2n) is 9.44. The van der Waals surface area contributed by atoms with Crippen LogP contribution in [-0.4, -0.2) is 16.9 Å². The summed E-state index contributed by atoms with van der Waals surface area (Å²) in [6.45, 7) is 4.45. The lowest BCUT2D eigenvalue weighted by molar-refractivity contribution is 0.0929. The van der Waals surface area contributed by atoms with Gasteiger partial charge >= 0.3 is 0 Å². The summed E-state index contributed by atoms with van der Waals surface area (Å²) in [4.78, 5) is 16.9. The van der Waals surface area contributed by atoms with Gasteiger partial charge in [-0.3, -0.25) is 14.8 Å². The van der Waals surface area contributed by atoms with Gasteiger partial charge in [-0.25, -0.2) is 4.39 Å². The standard InChI is InChI=1S/C28H31FN4O/c1-3-5-23(32-28(34)21-6-4-13-30-16-21)14-19-7-8-20-15-26-25(18(2)27(19)20)17-31-33(26)24-11-9-22(29)10-12-24/h4,6,9-13,15-19,23,31H,3,5,7-8,14H2,1-2H3,(H,32,34)/t18-,19+,23?/m0/s1. The Balaban J connectivity index is 1.35. The highest BCUT2D eigenvalue weighted by molar-refractivity contribution is 5.94. The Labute approximate surface area is 200 Å². The van der Waals surface area contributed by atoms with E-state index in [0.29, 0.717) is 17.4 Å². The SMILES string of the molecule is CCCC(C[C@H]1CCC2=C1[C@@H](C)C1=CNN(c3ccc(F)cc3)C1=C2)NC(=O)c1cccnc1. The lowest BCUT2D eigenvalue weighted by Gasteiger charge is -2.31. The zero-order valence-electron chi connectivity index (χ0n) is 19.7. The Morgan fingerprint density at radius 3 is 2.85 bits per heavy atom. The first kappa shape index (κ1) is 22.4. The molecule has 5 nitrogen and oxygen atoms in total. The van der Waals surface area contributed by atoms with Gasteiger partial charge in [-0.05, 0) is 79.6 Å². The predicted octanol–water partition coefficient (Wildman–Crippen LogP) is 5.66. The second kappa shape index (κ2) is 9.45. The van der Waals surface area contributed by atoms with Crippen LogP contribution in [0.2, 0.25) is 0 Å². The maximum Gasteiger partial charge on any atom is 0.253 e. The number of fused-ring (bicyclic) bond motifs is 1. The Hall–Kier alpha value is -3.41. The Kier molecular flexibility index (Phi) is 6.22. The van der Waals surface area contributed by atoms with Crippen LogP contribution < -0.4 is 15.8 Å². The molecule has 176 valence electrons. The van der Waals surface area contributed by atoms with Gasteiger partial charge in [0.05, 0.1) is 16.9 Å². The number of hydrogen-bond acceptors (Lipinski definition) is 4. The highest BCUT2D eigenvalue weighted by Gasteiger charge is 2.38. The summed E-state index contributed by atoms with van der Waals surface area (Å²) in [5, 5.41) is 5.31. The third-order valence-electron chi connectivity index (χ3n) is 7.25. The van der Waals surface area contributed by atoms with E-state index >= 15 is 0 Å². The smallest absolute Gasteiger partial charge is 0.253 e. The van der Waals surface area contributed by atoms with Crippen LogP contribution in [0.25, 0.3) is 0 Å². The molecule has 0 spiro atoms. The second-order valence-corrected chi connectivity index (χ2v) is 9.44. The van der Waals surface area contributed by atoms with Gasteiger partial charge in [-0.2, -0.15) is 0 Å². The molecule has 2 aromatic rings. The first-order valence-electron chi connectivity index (χ1n) is 12.2. The summed E-state index contributed by atoms with van der Waals surface area (Å²) in [5.41, 5.74) is 10.2. The zero-order valence-corrected chi connectivity index (χ0v) is 19.7. The van der Waals surface area contributed by atoms with Crippen molar-refractivity contribution in [1.82, 2.24) is 15.7 Å². The zero-order chi connectivity index (χ0) is 23.7. The number of benzene rings is 1. The molecule has 2 heterocycles. The third-order valence-corrected chi connectivity index (χ3v) is 7.25. The van der Waals surface area contributed by atoms with Crippen molar-refractivity contribution < 1.29 is 9.18 Å². The molecule has 0 radical (unpaired) electrons. The normalized spacial score (nSPS) is 21.9. The number of nitrogens with one attached hydrogen (secondary N) is 2. The lowest BCUT2D eigenvalue weighted by atomic mass is 9.78. The summed E-state index contributed by atoms with van der Waals surface area (Å²) in [6.07, 6.45) is 12.8. The molecule has 5 rings (SSSR count). The maximum absolute atomic E-state index is 13.4. The third kappa shape index (κ3) is 4.25. The van der Waals surface area contributed by atoms with Crippen LogP contribution >= 0.6 is 0 Å². The predicted molar refractivity (Wildman–Crippen MR) is 132 cm³/mol. The minimum Gasteiger partial charge on any atom is -0.349 e. The van der Waals surface area contributed by atoms with Crippen LogP contribution in [-0.2, 0) is 0 Å². The first-order chi connectivity index (χ1) is 16.5. The van der Waals surface area contributed by atoms with Crippen molar-refractivity contribution >= 4 is 11.6 Å². The number of carbonyl (C=O) groups is 1. The average molecular weight is 459 g/mol. The van der Waals surface area contributed by atoms with Gasteiger partial charge in [0.15, 0.2) is 0 Å².